The molecule has 1 unspecified atom stereocenters. The minimum atomic E-state index is -0.869. The molecule has 0 radical (unpaired) electrons. The normalized spacial score (nSPS) is 12.7. The highest BCUT2D eigenvalue weighted by atomic mass is 35.5. The number of hydrogen-bond donors (Lipinski definition) is 4. The number of fused-ring (bicyclic) bond motifs is 2. The number of halogens is 1. The molecule has 114 valence electrons. The van der Waals surface area contributed by atoms with E-state index in [1.807, 2.05) is 0 Å². The van der Waals surface area contributed by atoms with Crippen molar-refractivity contribution in [2.24, 2.45) is 0 Å². The topological polar surface area (TPSA) is 85.4 Å². The van der Waals surface area contributed by atoms with Crippen LogP contribution in [0.3, 0.4) is 0 Å². The van der Waals surface area contributed by atoms with Gasteiger partial charge in [-0.25, -0.2) is 0 Å². The molecular formula is C16H15ClN2O3. The van der Waals surface area contributed by atoms with E-state index in [9.17, 15) is 9.90 Å². The zero-order valence-electron chi connectivity index (χ0n) is 11.6. The van der Waals surface area contributed by atoms with E-state index >= 15 is 0 Å². The fourth-order valence-corrected chi connectivity index (χ4v) is 2.65. The Kier molecular flexibility index (Phi) is 4.02. The summed E-state index contributed by atoms with van der Waals surface area (Å²) in [5.41, 5.74) is 1.78. The van der Waals surface area contributed by atoms with Crippen LogP contribution in [0.15, 0.2) is 41.2 Å². The number of aromatic amines is 1. The Balaban J connectivity index is 2.21. The Morgan fingerprint density at radius 3 is 2.55 bits per heavy atom. The van der Waals surface area contributed by atoms with Crippen LogP contribution in [0.5, 0.6) is 0 Å². The van der Waals surface area contributed by atoms with Crippen LogP contribution in [0, 0.1) is 0 Å². The Labute approximate surface area is 131 Å². The first-order valence-corrected chi connectivity index (χ1v) is 7.25. The molecule has 5 nitrogen and oxygen atoms in total. The van der Waals surface area contributed by atoms with Gasteiger partial charge >= 0.3 is 0 Å². The summed E-state index contributed by atoms with van der Waals surface area (Å²) in [4.78, 5) is 15.8. The van der Waals surface area contributed by atoms with E-state index < -0.39 is 6.10 Å². The van der Waals surface area contributed by atoms with E-state index in [0.29, 0.717) is 32.5 Å². The smallest absolute Gasteiger partial charge is 0.197 e. The zero-order chi connectivity index (χ0) is 15.7. The quantitative estimate of drug-likeness (QED) is 0.555. The molecule has 0 bridgehead atoms. The van der Waals surface area contributed by atoms with Crippen molar-refractivity contribution in [1.82, 2.24) is 4.98 Å². The third kappa shape index (κ3) is 2.54. The fourth-order valence-electron chi connectivity index (χ4n) is 2.43. The van der Waals surface area contributed by atoms with Gasteiger partial charge < -0.3 is 20.5 Å². The first-order valence-electron chi connectivity index (χ1n) is 6.88. The number of hydrogen-bond acceptors (Lipinski definition) is 4. The van der Waals surface area contributed by atoms with Crippen LogP contribution in [-0.2, 0) is 0 Å². The first kappa shape index (κ1) is 14.8. The van der Waals surface area contributed by atoms with Crippen molar-refractivity contribution in [2.75, 3.05) is 18.5 Å². The van der Waals surface area contributed by atoms with E-state index in [1.54, 1.807) is 36.4 Å². The van der Waals surface area contributed by atoms with Crippen molar-refractivity contribution in [3.8, 4) is 0 Å². The number of aromatic nitrogens is 1. The molecule has 0 fully saturated rings. The van der Waals surface area contributed by atoms with Gasteiger partial charge in [-0.2, -0.15) is 0 Å². The SMILES string of the molecule is O=c1c2cccc(Cl)c2[nH]c2c(NCC(O)CO)cccc12. The monoisotopic (exact) mass is 318 g/mol. The van der Waals surface area contributed by atoms with Gasteiger partial charge in [-0.05, 0) is 24.3 Å². The second-order valence-corrected chi connectivity index (χ2v) is 5.47. The van der Waals surface area contributed by atoms with Crippen LogP contribution < -0.4 is 10.7 Å². The molecule has 0 saturated carbocycles. The van der Waals surface area contributed by atoms with Gasteiger partial charge in [0.25, 0.3) is 0 Å². The molecule has 0 aliphatic rings. The molecule has 0 saturated heterocycles. The maximum absolute atomic E-state index is 12.6. The summed E-state index contributed by atoms with van der Waals surface area (Å²) in [7, 11) is 0. The maximum atomic E-state index is 12.6. The number of pyridine rings is 1. The van der Waals surface area contributed by atoms with Gasteiger partial charge in [0.05, 0.1) is 34.5 Å². The van der Waals surface area contributed by atoms with Gasteiger partial charge in [0.15, 0.2) is 5.43 Å². The van der Waals surface area contributed by atoms with E-state index in [0.717, 1.165) is 0 Å². The molecule has 1 atom stereocenters. The minimum absolute atomic E-state index is 0.0994. The number of aliphatic hydroxyl groups excluding tert-OH is 2. The highest BCUT2D eigenvalue weighted by Crippen LogP contribution is 2.25. The molecule has 1 heterocycles. The van der Waals surface area contributed by atoms with Crippen LogP contribution in [0.4, 0.5) is 5.69 Å². The van der Waals surface area contributed by atoms with Crippen LogP contribution in [-0.4, -0.2) is 34.5 Å². The van der Waals surface area contributed by atoms with E-state index in [2.05, 4.69) is 10.3 Å². The highest BCUT2D eigenvalue weighted by molar-refractivity contribution is 6.35. The molecule has 1 aromatic heterocycles. The molecule has 0 amide bonds. The summed E-state index contributed by atoms with van der Waals surface area (Å²) < 4.78 is 0. The second-order valence-electron chi connectivity index (χ2n) is 5.06. The van der Waals surface area contributed by atoms with Gasteiger partial charge in [-0.1, -0.05) is 23.7 Å². The van der Waals surface area contributed by atoms with E-state index in [-0.39, 0.29) is 18.6 Å². The molecule has 3 rings (SSSR count). The lowest BCUT2D eigenvalue weighted by Crippen LogP contribution is -2.23. The summed E-state index contributed by atoms with van der Waals surface area (Å²) in [6.07, 6.45) is -0.869. The summed E-state index contributed by atoms with van der Waals surface area (Å²) in [6, 6.07) is 10.5. The van der Waals surface area contributed by atoms with Crippen LogP contribution >= 0.6 is 11.6 Å². The Morgan fingerprint density at radius 2 is 1.82 bits per heavy atom. The number of benzene rings is 2. The summed E-state index contributed by atoms with van der Waals surface area (Å²) in [5.74, 6) is 0. The van der Waals surface area contributed by atoms with Crippen molar-refractivity contribution < 1.29 is 10.2 Å². The number of para-hydroxylation sites is 2. The molecule has 6 heteroatoms. The molecule has 0 spiro atoms. The first-order chi connectivity index (χ1) is 10.6. The molecule has 0 aliphatic carbocycles. The number of nitrogens with one attached hydrogen (secondary N) is 2. The lowest BCUT2D eigenvalue weighted by atomic mass is 10.1. The van der Waals surface area contributed by atoms with Gasteiger partial charge in [-0.3, -0.25) is 4.79 Å². The van der Waals surface area contributed by atoms with Gasteiger partial charge in [0.1, 0.15) is 0 Å². The predicted octanol–water partition coefficient (Wildman–Crippen LogP) is 2.10. The van der Waals surface area contributed by atoms with Crippen molar-refractivity contribution in [3.63, 3.8) is 0 Å². The molecular weight excluding hydrogens is 304 g/mol. The van der Waals surface area contributed by atoms with Crippen LogP contribution in [0.1, 0.15) is 0 Å². The number of anilines is 1. The average Bonchev–Trinajstić information content (AvgIpc) is 2.54. The Hall–Kier alpha value is -2.08. The standard InChI is InChI=1S/C16H15ClN2O3/c17-12-5-1-3-10-14(12)19-15-11(16(10)22)4-2-6-13(15)18-7-9(21)8-20/h1-6,9,18,20-21H,7-8H2,(H,19,22). The number of aliphatic hydroxyl groups is 2. The predicted molar refractivity (Wildman–Crippen MR) is 88.7 cm³/mol. The molecule has 4 N–H and O–H groups in total. The van der Waals surface area contributed by atoms with Crippen LogP contribution in [0.25, 0.3) is 21.8 Å². The third-order valence-corrected chi connectivity index (χ3v) is 3.87. The maximum Gasteiger partial charge on any atom is 0.197 e. The highest BCUT2D eigenvalue weighted by Gasteiger charge is 2.11. The number of H-pyrrole nitrogens is 1. The summed E-state index contributed by atoms with van der Waals surface area (Å²) in [5, 5.41) is 22.9. The zero-order valence-corrected chi connectivity index (χ0v) is 12.4. The lowest BCUT2D eigenvalue weighted by molar-refractivity contribution is 0.105. The Bertz CT molecular complexity index is 892. The fraction of sp³-hybridized carbons (Fsp3) is 0.188. The van der Waals surface area contributed by atoms with Crippen molar-refractivity contribution in [2.45, 2.75) is 6.10 Å². The van der Waals surface area contributed by atoms with Crippen molar-refractivity contribution >= 4 is 39.1 Å². The third-order valence-electron chi connectivity index (χ3n) is 3.56. The largest absolute Gasteiger partial charge is 0.394 e. The van der Waals surface area contributed by atoms with Gasteiger partial charge in [0, 0.05) is 17.3 Å². The van der Waals surface area contributed by atoms with Gasteiger partial charge in [0.2, 0.25) is 0 Å². The molecule has 0 aliphatic heterocycles. The van der Waals surface area contributed by atoms with E-state index in [4.69, 9.17) is 16.7 Å². The Morgan fingerprint density at radius 1 is 1.14 bits per heavy atom. The summed E-state index contributed by atoms with van der Waals surface area (Å²) in [6.45, 7) is -0.152. The van der Waals surface area contributed by atoms with Crippen molar-refractivity contribution in [1.29, 1.82) is 0 Å². The summed E-state index contributed by atoms with van der Waals surface area (Å²) >= 11 is 6.17. The molecule has 3 aromatic rings. The van der Waals surface area contributed by atoms with E-state index in [1.165, 1.54) is 0 Å². The average molecular weight is 319 g/mol. The van der Waals surface area contributed by atoms with Crippen LogP contribution in [0.2, 0.25) is 5.02 Å². The lowest BCUT2D eigenvalue weighted by Gasteiger charge is -2.13. The molecule has 2 aromatic carbocycles. The van der Waals surface area contributed by atoms with Crippen molar-refractivity contribution in [3.05, 3.63) is 51.6 Å². The minimum Gasteiger partial charge on any atom is -0.394 e. The second kappa shape index (κ2) is 5.96. The van der Waals surface area contributed by atoms with Gasteiger partial charge in [-0.15, -0.1) is 0 Å². The molecule has 22 heavy (non-hydrogen) atoms. The number of rotatable bonds is 4.